The molecule has 2 nitrogen and oxygen atoms in total. The first-order valence-electron chi connectivity index (χ1n) is 5.83. The summed E-state index contributed by atoms with van der Waals surface area (Å²) >= 11 is 0. The van der Waals surface area contributed by atoms with Gasteiger partial charge in [-0.1, -0.05) is 0 Å². The molecule has 14 heavy (non-hydrogen) atoms. The van der Waals surface area contributed by atoms with Crippen molar-refractivity contribution in [2.45, 2.75) is 64.0 Å². The molecular formula is C12H25NO. The van der Waals surface area contributed by atoms with E-state index in [-0.39, 0.29) is 5.54 Å². The molecule has 1 aliphatic rings. The summed E-state index contributed by atoms with van der Waals surface area (Å²) in [5.41, 5.74) is 5.99. The van der Waals surface area contributed by atoms with Crippen molar-refractivity contribution in [2.24, 2.45) is 11.7 Å². The predicted octanol–water partition coefficient (Wildman–Crippen LogP) is 2.71. The lowest BCUT2D eigenvalue weighted by Crippen LogP contribution is -2.32. The quantitative estimate of drug-likeness (QED) is 0.755. The maximum absolute atomic E-state index is 5.98. The van der Waals surface area contributed by atoms with Crippen LogP contribution in [0.5, 0.6) is 0 Å². The van der Waals surface area contributed by atoms with Crippen LogP contribution in [0, 0.1) is 5.92 Å². The van der Waals surface area contributed by atoms with E-state index < -0.39 is 0 Å². The molecule has 1 saturated carbocycles. The third-order valence-corrected chi connectivity index (χ3v) is 3.32. The van der Waals surface area contributed by atoms with Crippen LogP contribution in [0.1, 0.15) is 52.4 Å². The summed E-state index contributed by atoms with van der Waals surface area (Å²) in [6.07, 6.45) is 8.11. The SMILES string of the molecule is COC1CCC(CCC(C)(C)N)CC1. The van der Waals surface area contributed by atoms with Gasteiger partial charge in [-0.15, -0.1) is 0 Å². The zero-order valence-corrected chi connectivity index (χ0v) is 9.88. The van der Waals surface area contributed by atoms with Gasteiger partial charge in [0.15, 0.2) is 0 Å². The van der Waals surface area contributed by atoms with Gasteiger partial charge < -0.3 is 10.5 Å². The van der Waals surface area contributed by atoms with Gasteiger partial charge in [-0.3, -0.25) is 0 Å². The molecule has 0 atom stereocenters. The molecule has 1 fully saturated rings. The van der Waals surface area contributed by atoms with Crippen LogP contribution in [0.2, 0.25) is 0 Å². The van der Waals surface area contributed by atoms with Crippen LogP contribution in [0.4, 0.5) is 0 Å². The zero-order chi connectivity index (χ0) is 10.6. The van der Waals surface area contributed by atoms with E-state index in [0.29, 0.717) is 6.10 Å². The molecule has 0 spiro atoms. The Kier molecular flexibility index (Phi) is 4.39. The minimum absolute atomic E-state index is 0.0120. The van der Waals surface area contributed by atoms with Gasteiger partial charge in [0, 0.05) is 12.6 Å². The van der Waals surface area contributed by atoms with E-state index >= 15 is 0 Å². The normalized spacial score (nSPS) is 29.1. The summed E-state index contributed by atoms with van der Waals surface area (Å²) in [4.78, 5) is 0. The Hall–Kier alpha value is -0.0800. The van der Waals surface area contributed by atoms with Crippen LogP contribution in [0.25, 0.3) is 0 Å². The molecule has 0 aromatic heterocycles. The summed E-state index contributed by atoms with van der Waals surface area (Å²) in [5.74, 6) is 0.893. The second-order valence-electron chi connectivity index (χ2n) is 5.41. The number of hydrogen-bond acceptors (Lipinski definition) is 2. The Morgan fingerprint density at radius 1 is 1.21 bits per heavy atom. The number of methoxy groups -OCH3 is 1. The van der Waals surface area contributed by atoms with Gasteiger partial charge in [0.2, 0.25) is 0 Å². The van der Waals surface area contributed by atoms with Gasteiger partial charge in [0.1, 0.15) is 0 Å². The molecule has 0 aromatic rings. The Labute approximate surface area is 88.2 Å². The molecule has 84 valence electrons. The highest BCUT2D eigenvalue weighted by Crippen LogP contribution is 2.30. The minimum Gasteiger partial charge on any atom is -0.381 e. The smallest absolute Gasteiger partial charge is 0.0571 e. The summed E-state index contributed by atoms with van der Waals surface area (Å²) in [6.45, 7) is 4.24. The molecule has 0 unspecified atom stereocenters. The van der Waals surface area contributed by atoms with E-state index in [4.69, 9.17) is 10.5 Å². The first kappa shape index (κ1) is 12.0. The van der Waals surface area contributed by atoms with Gasteiger partial charge in [-0.2, -0.15) is 0 Å². The fourth-order valence-corrected chi connectivity index (χ4v) is 2.23. The van der Waals surface area contributed by atoms with Crippen molar-refractivity contribution in [3.05, 3.63) is 0 Å². The predicted molar refractivity (Wildman–Crippen MR) is 60.3 cm³/mol. The van der Waals surface area contributed by atoms with E-state index in [9.17, 15) is 0 Å². The average Bonchev–Trinajstić information content (AvgIpc) is 2.14. The van der Waals surface area contributed by atoms with Gasteiger partial charge >= 0.3 is 0 Å². The number of nitrogens with two attached hydrogens (primary N) is 1. The van der Waals surface area contributed by atoms with Crippen LogP contribution < -0.4 is 5.73 Å². The van der Waals surface area contributed by atoms with Crippen molar-refractivity contribution in [2.75, 3.05) is 7.11 Å². The van der Waals surface area contributed by atoms with E-state index in [0.717, 1.165) is 12.3 Å². The van der Waals surface area contributed by atoms with Crippen LogP contribution in [0.15, 0.2) is 0 Å². The highest BCUT2D eigenvalue weighted by molar-refractivity contribution is 4.77. The van der Waals surface area contributed by atoms with Crippen LogP contribution in [-0.2, 0) is 4.74 Å². The topological polar surface area (TPSA) is 35.2 Å². The lowest BCUT2D eigenvalue weighted by atomic mass is 9.82. The van der Waals surface area contributed by atoms with Crippen molar-refractivity contribution < 1.29 is 4.74 Å². The molecule has 0 bridgehead atoms. The fraction of sp³-hybridized carbons (Fsp3) is 1.00. The maximum atomic E-state index is 5.98. The summed E-state index contributed by atoms with van der Waals surface area (Å²) in [5, 5.41) is 0. The van der Waals surface area contributed by atoms with Gasteiger partial charge in [-0.25, -0.2) is 0 Å². The van der Waals surface area contributed by atoms with Gasteiger partial charge in [-0.05, 0) is 58.3 Å². The maximum Gasteiger partial charge on any atom is 0.0571 e. The number of hydrogen-bond donors (Lipinski definition) is 1. The number of ether oxygens (including phenoxy) is 1. The molecule has 0 amide bonds. The first-order valence-corrected chi connectivity index (χ1v) is 5.83. The fourth-order valence-electron chi connectivity index (χ4n) is 2.23. The Balaban J connectivity index is 2.16. The lowest BCUT2D eigenvalue weighted by molar-refractivity contribution is 0.0545. The van der Waals surface area contributed by atoms with Crippen LogP contribution in [0.3, 0.4) is 0 Å². The Morgan fingerprint density at radius 2 is 1.79 bits per heavy atom. The largest absolute Gasteiger partial charge is 0.381 e. The van der Waals surface area contributed by atoms with Crippen molar-refractivity contribution in [1.82, 2.24) is 0 Å². The molecule has 0 aromatic carbocycles. The Morgan fingerprint density at radius 3 is 2.21 bits per heavy atom. The molecule has 2 N–H and O–H groups in total. The van der Waals surface area contributed by atoms with Crippen LogP contribution in [-0.4, -0.2) is 18.8 Å². The van der Waals surface area contributed by atoms with E-state index in [1.54, 1.807) is 0 Å². The summed E-state index contributed by atoms with van der Waals surface area (Å²) < 4.78 is 5.36. The highest BCUT2D eigenvalue weighted by Gasteiger charge is 2.22. The highest BCUT2D eigenvalue weighted by atomic mass is 16.5. The summed E-state index contributed by atoms with van der Waals surface area (Å²) in [6, 6.07) is 0. The monoisotopic (exact) mass is 199 g/mol. The third kappa shape index (κ3) is 4.43. The van der Waals surface area contributed by atoms with E-state index in [1.807, 2.05) is 7.11 Å². The average molecular weight is 199 g/mol. The second-order valence-corrected chi connectivity index (χ2v) is 5.41. The molecule has 0 aliphatic heterocycles. The van der Waals surface area contributed by atoms with Gasteiger partial charge in [0.05, 0.1) is 6.10 Å². The molecule has 1 rings (SSSR count). The minimum atomic E-state index is 0.0120. The summed E-state index contributed by atoms with van der Waals surface area (Å²) in [7, 11) is 1.83. The van der Waals surface area contributed by atoms with Crippen molar-refractivity contribution in [1.29, 1.82) is 0 Å². The molecule has 1 aliphatic carbocycles. The van der Waals surface area contributed by atoms with Crippen molar-refractivity contribution >= 4 is 0 Å². The number of rotatable bonds is 4. The molecule has 0 heterocycles. The van der Waals surface area contributed by atoms with Crippen molar-refractivity contribution in [3.8, 4) is 0 Å². The second kappa shape index (κ2) is 5.13. The Bertz CT molecular complexity index is 154. The van der Waals surface area contributed by atoms with Crippen molar-refractivity contribution in [3.63, 3.8) is 0 Å². The van der Waals surface area contributed by atoms with E-state index in [1.165, 1.54) is 32.1 Å². The molecule has 2 heteroatoms. The molecular weight excluding hydrogens is 174 g/mol. The van der Waals surface area contributed by atoms with E-state index in [2.05, 4.69) is 13.8 Å². The standard InChI is InChI=1S/C12H25NO/c1-12(2,13)9-8-10-4-6-11(14-3)7-5-10/h10-11H,4-9,13H2,1-3H3. The van der Waals surface area contributed by atoms with Crippen LogP contribution >= 0.6 is 0 Å². The van der Waals surface area contributed by atoms with Gasteiger partial charge in [0.25, 0.3) is 0 Å². The first-order chi connectivity index (χ1) is 6.51. The molecule has 0 saturated heterocycles. The zero-order valence-electron chi connectivity index (χ0n) is 9.88. The third-order valence-electron chi connectivity index (χ3n) is 3.32. The lowest BCUT2D eigenvalue weighted by Gasteiger charge is -2.29. The molecule has 0 radical (unpaired) electrons.